The number of unbranched alkanes of at least 4 members (excludes halogenated alkanes) is 54. The lowest BCUT2D eigenvalue weighted by Crippen LogP contribution is -2.30. The van der Waals surface area contributed by atoms with E-state index in [1.165, 1.54) is 308 Å². The molecule has 0 saturated heterocycles. The van der Waals surface area contributed by atoms with Gasteiger partial charge in [0.05, 0.1) is 0 Å². The van der Waals surface area contributed by atoms with E-state index in [0.29, 0.717) is 19.3 Å². The monoisotopic (exact) mass is 1140 g/mol. The van der Waals surface area contributed by atoms with Gasteiger partial charge in [0, 0.05) is 19.3 Å². The predicted octanol–water partition coefficient (Wildman–Crippen LogP) is 25.3. The van der Waals surface area contributed by atoms with Gasteiger partial charge < -0.3 is 14.2 Å². The van der Waals surface area contributed by atoms with Gasteiger partial charge in [-0.15, -0.1) is 0 Å². The van der Waals surface area contributed by atoms with Crippen LogP contribution in [0.5, 0.6) is 0 Å². The summed E-state index contributed by atoms with van der Waals surface area (Å²) in [5.41, 5.74) is 0. The Balaban J connectivity index is 3.99. The maximum Gasteiger partial charge on any atom is 0.306 e. The molecular weight excluding hydrogens is 997 g/mol. The van der Waals surface area contributed by atoms with Crippen molar-refractivity contribution in [2.45, 2.75) is 425 Å². The van der Waals surface area contributed by atoms with Crippen molar-refractivity contribution < 1.29 is 28.6 Å². The molecule has 1 unspecified atom stereocenters. The van der Waals surface area contributed by atoms with Crippen LogP contribution in [0.15, 0.2) is 24.3 Å². The fourth-order valence-corrected chi connectivity index (χ4v) is 11.4. The molecule has 0 aliphatic carbocycles. The molecule has 0 aromatic rings. The number of ether oxygens (including phenoxy) is 3. The van der Waals surface area contributed by atoms with Crippen LogP contribution in [0.4, 0.5) is 0 Å². The summed E-state index contributed by atoms with van der Waals surface area (Å²) in [5.74, 6) is -0.848. The zero-order valence-corrected chi connectivity index (χ0v) is 55.1. The second-order valence-corrected chi connectivity index (χ2v) is 25.2. The van der Waals surface area contributed by atoms with Crippen molar-refractivity contribution >= 4 is 17.9 Å². The van der Waals surface area contributed by atoms with Gasteiger partial charge in [0.15, 0.2) is 6.10 Å². The predicted molar refractivity (Wildman–Crippen MR) is 353 cm³/mol. The first-order valence-electron chi connectivity index (χ1n) is 36.8. The minimum absolute atomic E-state index is 0.0673. The molecule has 0 aromatic heterocycles. The smallest absolute Gasteiger partial charge is 0.306 e. The third-order valence-electron chi connectivity index (χ3n) is 16.9. The van der Waals surface area contributed by atoms with E-state index in [-0.39, 0.29) is 31.1 Å². The first-order valence-corrected chi connectivity index (χ1v) is 36.8. The number of hydrogen-bond donors (Lipinski definition) is 0. The third kappa shape index (κ3) is 68.6. The van der Waals surface area contributed by atoms with Crippen LogP contribution in [0.3, 0.4) is 0 Å². The summed E-state index contributed by atoms with van der Waals surface area (Å²) >= 11 is 0. The standard InChI is InChI=1S/C75H142O6/c1-4-7-10-13-16-19-22-24-26-28-30-31-32-33-34-35-36-37-38-39-40-41-42-43-44-45-46-48-49-51-53-56-59-62-65-68-74(77)80-71-72(70-79-73(76)67-64-61-58-55-21-18-15-12-9-6-3)81-75(78)69-66-63-60-57-54-52-50-47-29-27-25-23-20-17-14-11-8-5-2/h12,15,28,30,72H,4-11,13-14,16-27,29,31-71H2,1-3H3/b15-12-,30-28-. The molecule has 0 heterocycles. The molecule has 6 heteroatoms. The minimum atomic E-state index is -0.770. The van der Waals surface area contributed by atoms with E-state index in [1.54, 1.807) is 0 Å². The van der Waals surface area contributed by atoms with Gasteiger partial charge in [-0.3, -0.25) is 14.4 Å². The molecule has 0 aliphatic rings. The zero-order chi connectivity index (χ0) is 58.5. The van der Waals surface area contributed by atoms with Gasteiger partial charge >= 0.3 is 17.9 Å². The molecule has 478 valence electrons. The summed E-state index contributed by atoms with van der Waals surface area (Å²) in [4.78, 5) is 38.3. The van der Waals surface area contributed by atoms with E-state index in [0.717, 1.165) is 70.6 Å². The first-order chi connectivity index (χ1) is 40.0. The number of esters is 3. The van der Waals surface area contributed by atoms with E-state index < -0.39 is 6.10 Å². The highest BCUT2D eigenvalue weighted by atomic mass is 16.6. The van der Waals surface area contributed by atoms with Gasteiger partial charge in [-0.2, -0.15) is 0 Å². The molecule has 0 saturated carbocycles. The van der Waals surface area contributed by atoms with Crippen LogP contribution < -0.4 is 0 Å². The summed E-state index contributed by atoms with van der Waals surface area (Å²) in [6, 6.07) is 0. The average Bonchev–Trinajstić information content (AvgIpc) is 3.47. The highest BCUT2D eigenvalue weighted by molar-refractivity contribution is 5.71. The van der Waals surface area contributed by atoms with Crippen LogP contribution in [-0.4, -0.2) is 37.2 Å². The van der Waals surface area contributed by atoms with Crippen LogP contribution >= 0.6 is 0 Å². The molecule has 0 aliphatic heterocycles. The molecule has 0 aromatic carbocycles. The van der Waals surface area contributed by atoms with E-state index in [9.17, 15) is 14.4 Å². The van der Waals surface area contributed by atoms with Gasteiger partial charge in [0.25, 0.3) is 0 Å². The largest absolute Gasteiger partial charge is 0.462 e. The highest BCUT2D eigenvalue weighted by Crippen LogP contribution is 2.19. The van der Waals surface area contributed by atoms with Gasteiger partial charge in [-0.25, -0.2) is 0 Å². The van der Waals surface area contributed by atoms with Crippen LogP contribution in [0.25, 0.3) is 0 Å². The maximum atomic E-state index is 12.9. The summed E-state index contributed by atoms with van der Waals surface area (Å²) < 4.78 is 16.9. The van der Waals surface area contributed by atoms with Crippen molar-refractivity contribution in [3.05, 3.63) is 24.3 Å². The van der Waals surface area contributed by atoms with Gasteiger partial charge in [0.2, 0.25) is 0 Å². The Hall–Kier alpha value is -2.11. The lowest BCUT2D eigenvalue weighted by Gasteiger charge is -2.18. The Morgan fingerprint density at radius 3 is 0.667 bits per heavy atom. The van der Waals surface area contributed by atoms with Crippen LogP contribution in [-0.2, 0) is 28.6 Å². The van der Waals surface area contributed by atoms with Crippen molar-refractivity contribution in [1.29, 1.82) is 0 Å². The summed E-state index contributed by atoms with van der Waals surface area (Å²) in [6.07, 6.45) is 86.8. The van der Waals surface area contributed by atoms with Gasteiger partial charge in [-0.05, 0) is 64.2 Å². The Morgan fingerprint density at radius 2 is 0.432 bits per heavy atom. The fraction of sp³-hybridized carbons (Fsp3) is 0.907. The van der Waals surface area contributed by atoms with Crippen molar-refractivity contribution in [3.63, 3.8) is 0 Å². The Morgan fingerprint density at radius 1 is 0.235 bits per heavy atom. The van der Waals surface area contributed by atoms with Crippen LogP contribution in [0.1, 0.15) is 419 Å². The fourth-order valence-electron chi connectivity index (χ4n) is 11.4. The second-order valence-electron chi connectivity index (χ2n) is 25.2. The minimum Gasteiger partial charge on any atom is -0.462 e. The number of rotatable bonds is 69. The van der Waals surface area contributed by atoms with Gasteiger partial charge in [-0.1, -0.05) is 360 Å². The van der Waals surface area contributed by atoms with E-state index >= 15 is 0 Å². The topological polar surface area (TPSA) is 78.9 Å². The maximum absolute atomic E-state index is 12.9. The molecule has 0 bridgehead atoms. The molecule has 0 amide bonds. The summed E-state index contributed by atoms with van der Waals surface area (Å²) in [7, 11) is 0. The lowest BCUT2D eigenvalue weighted by atomic mass is 10.0. The SMILES string of the molecule is CCC/C=C\CCCCCCCC(=O)OCC(COC(=O)CCCCCCCCCCCCCCCCCCCCCCCCC/C=C\CCCCCCCCCC)OC(=O)CCCCCCCCCCCCCCCCCCCC. The Labute approximate surface area is 506 Å². The molecule has 0 fully saturated rings. The summed E-state index contributed by atoms with van der Waals surface area (Å²) in [5, 5.41) is 0. The van der Waals surface area contributed by atoms with E-state index in [2.05, 4.69) is 45.1 Å². The molecule has 81 heavy (non-hydrogen) atoms. The number of hydrogen-bond acceptors (Lipinski definition) is 6. The van der Waals surface area contributed by atoms with Gasteiger partial charge in [0.1, 0.15) is 13.2 Å². The Bertz CT molecular complexity index is 1310. The Kier molecular flexibility index (Phi) is 68.5. The quantitative estimate of drug-likeness (QED) is 0.0261. The molecule has 0 spiro atoms. The molecule has 6 nitrogen and oxygen atoms in total. The summed E-state index contributed by atoms with van der Waals surface area (Å²) in [6.45, 7) is 6.65. The van der Waals surface area contributed by atoms with E-state index in [1.807, 2.05) is 0 Å². The van der Waals surface area contributed by atoms with Crippen LogP contribution in [0.2, 0.25) is 0 Å². The normalized spacial score (nSPS) is 12.1. The zero-order valence-electron chi connectivity index (χ0n) is 55.1. The van der Waals surface area contributed by atoms with Crippen molar-refractivity contribution in [3.8, 4) is 0 Å². The second kappa shape index (κ2) is 70.4. The number of carbonyl (C=O) groups is 3. The highest BCUT2D eigenvalue weighted by Gasteiger charge is 2.20. The average molecular weight is 1140 g/mol. The lowest BCUT2D eigenvalue weighted by molar-refractivity contribution is -0.167. The van der Waals surface area contributed by atoms with Crippen molar-refractivity contribution in [2.75, 3.05) is 13.2 Å². The number of allylic oxidation sites excluding steroid dienone is 4. The molecule has 0 N–H and O–H groups in total. The molecule has 0 rings (SSSR count). The van der Waals surface area contributed by atoms with Crippen LogP contribution in [0, 0.1) is 0 Å². The molecule has 1 atom stereocenters. The molecule has 0 radical (unpaired) electrons. The number of carbonyl (C=O) groups excluding carboxylic acids is 3. The van der Waals surface area contributed by atoms with E-state index in [4.69, 9.17) is 14.2 Å². The third-order valence-corrected chi connectivity index (χ3v) is 16.9. The van der Waals surface area contributed by atoms with Crippen molar-refractivity contribution in [2.24, 2.45) is 0 Å². The van der Waals surface area contributed by atoms with Crippen molar-refractivity contribution in [1.82, 2.24) is 0 Å². The molecular formula is C75H142O6. The first kappa shape index (κ1) is 78.9.